The number of rotatable bonds is 4. The summed E-state index contributed by atoms with van der Waals surface area (Å²) in [7, 11) is 0. The summed E-state index contributed by atoms with van der Waals surface area (Å²) in [5, 5.41) is 2.55. The largest absolute Gasteiger partial charge is 0.417 e. The summed E-state index contributed by atoms with van der Waals surface area (Å²) in [5.74, 6) is -0.0646. The molecule has 0 aromatic heterocycles. The van der Waals surface area contributed by atoms with Crippen molar-refractivity contribution >= 4 is 33.6 Å². The highest BCUT2D eigenvalue weighted by Crippen LogP contribution is 2.33. The second-order valence-corrected chi connectivity index (χ2v) is 5.84. The van der Waals surface area contributed by atoms with E-state index >= 15 is 0 Å². The van der Waals surface area contributed by atoms with Crippen LogP contribution in [0.25, 0.3) is 0 Å². The number of carbonyl (C=O) groups is 1. The van der Waals surface area contributed by atoms with Gasteiger partial charge in [-0.1, -0.05) is 15.9 Å². The van der Waals surface area contributed by atoms with E-state index in [2.05, 4.69) is 21.2 Å². The van der Waals surface area contributed by atoms with Gasteiger partial charge in [-0.3, -0.25) is 4.79 Å². The van der Waals surface area contributed by atoms with Crippen LogP contribution < -0.4 is 5.32 Å². The molecule has 1 aromatic carbocycles. The molecule has 1 unspecified atom stereocenters. The van der Waals surface area contributed by atoms with Crippen molar-refractivity contribution in [2.75, 3.05) is 12.0 Å². The normalized spacial score (nSPS) is 13.2. The maximum absolute atomic E-state index is 12.9. The van der Waals surface area contributed by atoms with E-state index < -0.39 is 17.6 Å². The van der Waals surface area contributed by atoms with Crippen LogP contribution in [0.2, 0.25) is 0 Å². The second-order valence-electron chi connectivity index (χ2n) is 4.02. The zero-order valence-corrected chi connectivity index (χ0v) is 12.7. The van der Waals surface area contributed by atoms with Gasteiger partial charge in [0.1, 0.15) is 0 Å². The van der Waals surface area contributed by atoms with E-state index in [0.717, 1.165) is 6.07 Å². The van der Waals surface area contributed by atoms with E-state index in [-0.39, 0.29) is 16.1 Å². The van der Waals surface area contributed by atoms with Gasteiger partial charge >= 0.3 is 6.18 Å². The lowest BCUT2D eigenvalue weighted by molar-refractivity contribution is -0.138. The number of alkyl halides is 3. The molecule has 0 aliphatic rings. The average Bonchev–Trinajstić information content (AvgIpc) is 2.27. The predicted molar refractivity (Wildman–Crippen MR) is 74.5 cm³/mol. The molecule has 1 rings (SSSR count). The monoisotopic (exact) mass is 355 g/mol. The predicted octanol–water partition coefficient (Wildman–Crippen LogP) is 3.95. The third kappa shape index (κ3) is 4.72. The Bertz CT molecular complexity index is 465. The number of halogens is 4. The Morgan fingerprint density at radius 2 is 2.11 bits per heavy atom. The van der Waals surface area contributed by atoms with Gasteiger partial charge in [0.2, 0.25) is 0 Å². The van der Waals surface area contributed by atoms with Crippen LogP contribution in [0.5, 0.6) is 0 Å². The first-order valence-electron chi connectivity index (χ1n) is 5.42. The molecule has 0 saturated carbocycles. The first-order chi connectivity index (χ1) is 8.75. The van der Waals surface area contributed by atoms with Gasteiger partial charge in [0, 0.05) is 16.3 Å². The molecule has 0 fully saturated rings. The Hall–Kier alpha value is -0.690. The van der Waals surface area contributed by atoms with E-state index in [1.54, 1.807) is 6.92 Å². The van der Waals surface area contributed by atoms with Gasteiger partial charge in [-0.25, -0.2) is 0 Å². The van der Waals surface area contributed by atoms with Gasteiger partial charge in [0.05, 0.1) is 11.1 Å². The molecule has 0 aliphatic carbocycles. The van der Waals surface area contributed by atoms with Crippen LogP contribution in [0.1, 0.15) is 22.8 Å². The van der Waals surface area contributed by atoms with Gasteiger partial charge in [-0.15, -0.1) is 0 Å². The molecule has 7 heteroatoms. The molecule has 0 spiro atoms. The molecular weight excluding hydrogens is 343 g/mol. The fourth-order valence-corrected chi connectivity index (χ4v) is 2.49. The SMILES string of the molecule is CSCC(C)NC(=O)c1ccc(Br)cc1C(F)(F)F. The van der Waals surface area contributed by atoms with Crippen LogP contribution in [0.3, 0.4) is 0 Å². The van der Waals surface area contributed by atoms with E-state index in [4.69, 9.17) is 0 Å². The Morgan fingerprint density at radius 1 is 1.47 bits per heavy atom. The van der Waals surface area contributed by atoms with Crippen molar-refractivity contribution in [3.63, 3.8) is 0 Å². The smallest absolute Gasteiger partial charge is 0.349 e. The zero-order chi connectivity index (χ0) is 14.6. The number of amides is 1. The van der Waals surface area contributed by atoms with Gasteiger partial charge in [-0.05, 0) is 31.4 Å². The lowest BCUT2D eigenvalue weighted by Crippen LogP contribution is -2.35. The van der Waals surface area contributed by atoms with Crippen molar-refractivity contribution < 1.29 is 18.0 Å². The van der Waals surface area contributed by atoms with Gasteiger partial charge in [-0.2, -0.15) is 24.9 Å². The summed E-state index contributed by atoms with van der Waals surface area (Å²) in [5.41, 5.74) is -1.29. The molecule has 0 aliphatic heterocycles. The highest BCUT2D eigenvalue weighted by Gasteiger charge is 2.35. The summed E-state index contributed by atoms with van der Waals surface area (Å²) in [6.07, 6.45) is -2.69. The fraction of sp³-hybridized carbons (Fsp3) is 0.417. The van der Waals surface area contributed by atoms with E-state index in [9.17, 15) is 18.0 Å². The number of benzene rings is 1. The van der Waals surface area contributed by atoms with E-state index in [0.29, 0.717) is 5.75 Å². The molecule has 1 aromatic rings. The van der Waals surface area contributed by atoms with Gasteiger partial charge in [0.25, 0.3) is 5.91 Å². The van der Waals surface area contributed by atoms with Crippen LogP contribution in [0.15, 0.2) is 22.7 Å². The molecule has 1 N–H and O–H groups in total. The Kier molecular flexibility index (Phi) is 5.73. The van der Waals surface area contributed by atoms with Crippen molar-refractivity contribution in [1.82, 2.24) is 5.32 Å². The van der Waals surface area contributed by atoms with Crippen LogP contribution >= 0.6 is 27.7 Å². The molecule has 2 nitrogen and oxygen atoms in total. The standard InChI is InChI=1S/C12H13BrF3NOS/c1-7(6-19-2)17-11(18)9-4-3-8(13)5-10(9)12(14,15)16/h3-5,7H,6H2,1-2H3,(H,17,18). The minimum atomic E-state index is -4.56. The molecule has 19 heavy (non-hydrogen) atoms. The summed E-state index contributed by atoms with van der Waals surface area (Å²) in [4.78, 5) is 11.9. The van der Waals surface area contributed by atoms with E-state index in [1.165, 1.54) is 23.9 Å². The summed E-state index contributed by atoms with van der Waals surface area (Å²) < 4.78 is 38.9. The number of carbonyl (C=O) groups excluding carboxylic acids is 1. The molecule has 0 heterocycles. The summed E-state index contributed by atoms with van der Waals surface area (Å²) in [6.45, 7) is 1.75. The lowest BCUT2D eigenvalue weighted by Gasteiger charge is -2.16. The number of hydrogen-bond acceptors (Lipinski definition) is 2. The third-order valence-electron chi connectivity index (χ3n) is 2.33. The Morgan fingerprint density at radius 3 is 2.63 bits per heavy atom. The van der Waals surface area contributed by atoms with Crippen molar-refractivity contribution in [1.29, 1.82) is 0 Å². The van der Waals surface area contributed by atoms with Crippen molar-refractivity contribution in [3.05, 3.63) is 33.8 Å². The van der Waals surface area contributed by atoms with Crippen LogP contribution in [-0.2, 0) is 6.18 Å². The quantitative estimate of drug-likeness (QED) is 0.885. The van der Waals surface area contributed by atoms with Crippen LogP contribution in [0, 0.1) is 0 Å². The first kappa shape index (κ1) is 16.4. The summed E-state index contributed by atoms with van der Waals surface area (Å²) >= 11 is 4.49. The second kappa shape index (κ2) is 6.65. The number of thioether (sulfide) groups is 1. The summed E-state index contributed by atoms with van der Waals surface area (Å²) in [6, 6.07) is 3.32. The third-order valence-corrected chi connectivity index (χ3v) is 3.65. The molecule has 0 bridgehead atoms. The molecule has 0 saturated heterocycles. The number of nitrogens with one attached hydrogen (secondary N) is 1. The van der Waals surface area contributed by atoms with Crippen molar-refractivity contribution in [3.8, 4) is 0 Å². The molecule has 1 amide bonds. The highest BCUT2D eigenvalue weighted by atomic mass is 79.9. The number of hydrogen-bond donors (Lipinski definition) is 1. The van der Waals surface area contributed by atoms with Crippen molar-refractivity contribution in [2.45, 2.75) is 19.1 Å². The maximum Gasteiger partial charge on any atom is 0.417 e. The minimum absolute atomic E-state index is 0.188. The molecule has 106 valence electrons. The van der Waals surface area contributed by atoms with E-state index in [1.807, 2.05) is 6.26 Å². The van der Waals surface area contributed by atoms with Gasteiger partial charge in [0.15, 0.2) is 0 Å². The zero-order valence-electron chi connectivity index (χ0n) is 10.3. The Balaban J connectivity index is 3.03. The van der Waals surface area contributed by atoms with Gasteiger partial charge < -0.3 is 5.32 Å². The lowest BCUT2D eigenvalue weighted by atomic mass is 10.1. The van der Waals surface area contributed by atoms with Crippen LogP contribution in [0.4, 0.5) is 13.2 Å². The molecule has 0 radical (unpaired) electrons. The highest BCUT2D eigenvalue weighted by molar-refractivity contribution is 9.10. The average molecular weight is 356 g/mol. The van der Waals surface area contributed by atoms with Crippen molar-refractivity contribution in [2.24, 2.45) is 0 Å². The minimum Gasteiger partial charge on any atom is -0.349 e. The Labute approximate surface area is 122 Å². The molecular formula is C12H13BrF3NOS. The molecule has 1 atom stereocenters. The fourth-order valence-electron chi connectivity index (χ4n) is 1.54. The maximum atomic E-state index is 12.9. The topological polar surface area (TPSA) is 29.1 Å². The first-order valence-corrected chi connectivity index (χ1v) is 7.61. The van der Waals surface area contributed by atoms with Crippen LogP contribution in [-0.4, -0.2) is 24.0 Å².